The highest BCUT2D eigenvalue weighted by atomic mass is 16.7. The van der Waals surface area contributed by atoms with Gasteiger partial charge in [-0.15, -0.1) is 0 Å². The molecule has 0 bridgehead atoms. The van der Waals surface area contributed by atoms with E-state index in [0.717, 1.165) is 0 Å². The van der Waals surface area contributed by atoms with Crippen molar-refractivity contribution in [2.45, 2.75) is 67.3 Å². The van der Waals surface area contributed by atoms with E-state index >= 15 is 0 Å². The molecule has 12 heteroatoms. The van der Waals surface area contributed by atoms with Gasteiger partial charge >= 0.3 is 0 Å². The average molecular weight is 400 g/mol. The van der Waals surface area contributed by atoms with Crippen LogP contribution in [0.4, 0.5) is 0 Å². The van der Waals surface area contributed by atoms with Crippen molar-refractivity contribution in [1.82, 2.24) is 0 Å². The largest absolute Gasteiger partial charge is 0.394 e. The molecule has 0 saturated carbocycles. The Morgan fingerprint density at radius 1 is 0.815 bits per heavy atom. The second kappa shape index (κ2) is 9.82. The van der Waals surface area contributed by atoms with E-state index in [1.165, 1.54) is 7.11 Å². The lowest BCUT2D eigenvalue weighted by Gasteiger charge is -2.46. The fourth-order valence-corrected chi connectivity index (χ4v) is 3.20. The first kappa shape index (κ1) is 22.8. The molecule has 0 radical (unpaired) electrons. The molecule has 2 aliphatic rings. The maximum Gasteiger partial charge on any atom is 0.187 e. The van der Waals surface area contributed by atoms with Gasteiger partial charge in [0.2, 0.25) is 0 Å². The lowest BCUT2D eigenvalue weighted by molar-refractivity contribution is -0.345. The molecule has 2 fully saturated rings. The molecule has 0 aliphatic carbocycles. The topological polar surface area (TPSA) is 199 Å². The Kier molecular flexibility index (Phi) is 8.30. The highest BCUT2D eigenvalue weighted by Crippen LogP contribution is 2.30. The summed E-state index contributed by atoms with van der Waals surface area (Å²) in [5.41, 5.74) is 0. The summed E-state index contributed by atoms with van der Waals surface area (Å²) >= 11 is 0. The predicted octanol–water partition coefficient (Wildman–Crippen LogP) is -5.34. The zero-order valence-corrected chi connectivity index (χ0v) is 14.7. The summed E-state index contributed by atoms with van der Waals surface area (Å²) in [6, 6.07) is 0. The maximum absolute atomic E-state index is 10.4. The molecule has 2 rings (SSSR count). The Hall–Kier alpha value is -0.480. The van der Waals surface area contributed by atoms with E-state index in [4.69, 9.17) is 18.9 Å². The van der Waals surface area contributed by atoms with Crippen LogP contribution < -0.4 is 0 Å². The van der Waals surface area contributed by atoms with Crippen molar-refractivity contribution < 1.29 is 59.8 Å². The van der Waals surface area contributed by atoms with Gasteiger partial charge < -0.3 is 59.8 Å². The van der Waals surface area contributed by atoms with Crippen LogP contribution in [0.2, 0.25) is 0 Å². The number of hydrogen-bond acceptors (Lipinski definition) is 12. The molecule has 2 aliphatic heterocycles. The Labute approximate surface area is 155 Å². The van der Waals surface area contributed by atoms with Gasteiger partial charge in [-0.1, -0.05) is 0 Å². The van der Waals surface area contributed by atoms with Crippen molar-refractivity contribution in [3.8, 4) is 0 Å². The molecule has 2 heterocycles. The Morgan fingerprint density at radius 3 is 2.00 bits per heavy atom. The van der Waals surface area contributed by atoms with E-state index in [1.54, 1.807) is 0 Å². The van der Waals surface area contributed by atoms with Gasteiger partial charge in [-0.05, 0) is 0 Å². The van der Waals surface area contributed by atoms with Gasteiger partial charge in [0, 0.05) is 7.11 Å². The molecule has 8 N–H and O–H groups in total. The minimum absolute atomic E-state index is 0.190. The first-order valence-corrected chi connectivity index (χ1v) is 8.52. The van der Waals surface area contributed by atoms with Crippen LogP contribution >= 0.6 is 0 Å². The van der Waals surface area contributed by atoms with Crippen LogP contribution in [0.1, 0.15) is 0 Å². The van der Waals surface area contributed by atoms with Gasteiger partial charge in [0.15, 0.2) is 6.29 Å². The fraction of sp³-hybridized carbons (Fsp3) is 1.00. The highest BCUT2D eigenvalue weighted by Gasteiger charge is 2.51. The monoisotopic (exact) mass is 400 g/mol. The summed E-state index contributed by atoms with van der Waals surface area (Å²) < 4.78 is 20.8. The number of ether oxygens (including phenoxy) is 4. The summed E-state index contributed by atoms with van der Waals surface area (Å²) in [6.45, 7) is -1.53. The van der Waals surface area contributed by atoms with Crippen LogP contribution in [-0.4, -0.2) is 135 Å². The third-order valence-corrected chi connectivity index (χ3v) is 4.76. The van der Waals surface area contributed by atoms with Crippen molar-refractivity contribution in [1.29, 1.82) is 0 Å². The Balaban J connectivity index is 2.12. The van der Waals surface area contributed by atoms with Crippen molar-refractivity contribution in [2.75, 3.05) is 26.9 Å². The average Bonchev–Trinajstić information content (AvgIpc) is 2.65. The van der Waals surface area contributed by atoms with Crippen LogP contribution in [0, 0.1) is 0 Å². The number of aliphatic hydroxyl groups is 8. The third kappa shape index (κ3) is 4.75. The van der Waals surface area contributed by atoms with Crippen LogP contribution in [-0.2, 0) is 18.9 Å². The van der Waals surface area contributed by atoms with Crippen LogP contribution in [0.3, 0.4) is 0 Å². The SMILES string of the molecule is COCC(O)C1O[C@@H](CO)[C@H](O[C@H]2O[C@@H](CO)[C@H](O)[C@@H](O)[C@@H]2O)[C@@H](O)[C@@H]1O. The zero-order chi connectivity index (χ0) is 20.3. The van der Waals surface area contributed by atoms with E-state index in [-0.39, 0.29) is 6.61 Å². The van der Waals surface area contributed by atoms with Gasteiger partial charge in [0.1, 0.15) is 61.0 Å². The van der Waals surface area contributed by atoms with Crippen LogP contribution in [0.15, 0.2) is 0 Å². The molecular weight excluding hydrogens is 372 g/mol. The third-order valence-electron chi connectivity index (χ3n) is 4.76. The number of aliphatic hydroxyl groups excluding tert-OH is 8. The second-order valence-electron chi connectivity index (χ2n) is 6.62. The van der Waals surface area contributed by atoms with Crippen LogP contribution in [0.5, 0.6) is 0 Å². The molecule has 12 nitrogen and oxygen atoms in total. The van der Waals surface area contributed by atoms with E-state index in [9.17, 15) is 40.9 Å². The molecule has 0 amide bonds. The lowest BCUT2D eigenvalue weighted by atomic mass is 9.92. The first-order valence-electron chi connectivity index (χ1n) is 8.52. The van der Waals surface area contributed by atoms with Gasteiger partial charge in [-0.2, -0.15) is 0 Å². The smallest absolute Gasteiger partial charge is 0.187 e. The summed E-state index contributed by atoms with van der Waals surface area (Å²) in [7, 11) is 1.32. The van der Waals surface area contributed by atoms with Crippen molar-refractivity contribution in [2.24, 2.45) is 0 Å². The minimum atomic E-state index is -1.73. The number of hydrogen-bond donors (Lipinski definition) is 8. The van der Waals surface area contributed by atoms with E-state index < -0.39 is 80.5 Å². The van der Waals surface area contributed by atoms with E-state index in [0.29, 0.717) is 0 Å². The highest BCUT2D eigenvalue weighted by molar-refractivity contribution is 4.97. The summed E-state index contributed by atoms with van der Waals surface area (Å²) in [6.07, 6.45) is -16.3. The lowest BCUT2D eigenvalue weighted by Crippen LogP contribution is -2.66. The van der Waals surface area contributed by atoms with Crippen molar-refractivity contribution in [3.05, 3.63) is 0 Å². The molecule has 11 atom stereocenters. The van der Waals surface area contributed by atoms with Gasteiger partial charge in [-0.3, -0.25) is 0 Å². The van der Waals surface area contributed by atoms with E-state index in [1.807, 2.05) is 0 Å². The molecule has 2 unspecified atom stereocenters. The quantitative estimate of drug-likeness (QED) is 0.202. The normalized spacial score (nSPS) is 47.0. The second-order valence-corrected chi connectivity index (χ2v) is 6.62. The number of rotatable bonds is 7. The van der Waals surface area contributed by atoms with Crippen LogP contribution in [0.25, 0.3) is 0 Å². The Morgan fingerprint density at radius 2 is 1.44 bits per heavy atom. The number of methoxy groups -OCH3 is 1. The Bertz CT molecular complexity index is 449. The standard InChI is InChI=1S/C15H28O12/c1-24-4-5(18)13-10(21)11(22)14(7(3-17)25-13)27-15-12(23)9(20)8(19)6(2-16)26-15/h5-23H,2-4H2,1H3/t5?,6-,7-,8-,9+,10-,11-,12-,13?,14-,15+/m0/s1. The molecular formula is C15H28O12. The fourth-order valence-electron chi connectivity index (χ4n) is 3.20. The van der Waals surface area contributed by atoms with Gasteiger partial charge in [0.05, 0.1) is 19.8 Å². The molecule has 0 aromatic carbocycles. The van der Waals surface area contributed by atoms with Crippen molar-refractivity contribution >= 4 is 0 Å². The van der Waals surface area contributed by atoms with Gasteiger partial charge in [0.25, 0.3) is 0 Å². The van der Waals surface area contributed by atoms with Gasteiger partial charge in [-0.25, -0.2) is 0 Å². The zero-order valence-electron chi connectivity index (χ0n) is 14.7. The molecule has 0 spiro atoms. The summed E-state index contributed by atoms with van der Waals surface area (Å²) in [4.78, 5) is 0. The van der Waals surface area contributed by atoms with Crippen molar-refractivity contribution in [3.63, 3.8) is 0 Å². The molecule has 160 valence electrons. The molecule has 27 heavy (non-hydrogen) atoms. The minimum Gasteiger partial charge on any atom is -0.394 e. The predicted molar refractivity (Wildman–Crippen MR) is 84.3 cm³/mol. The maximum atomic E-state index is 10.4. The molecule has 2 saturated heterocycles. The summed E-state index contributed by atoms with van der Waals surface area (Å²) in [5, 5.41) is 78.9. The first-order chi connectivity index (χ1) is 12.8. The molecule has 0 aromatic rings. The molecule has 0 aromatic heterocycles. The van der Waals surface area contributed by atoms with E-state index in [2.05, 4.69) is 0 Å². The summed E-state index contributed by atoms with van der Waals surface area (Å²) in [5.74, 6) is 0.